The molecule has 0 amide bonds. The van der Waals surface area contributed by atoms with Crippen molar-refractivity contribution in [2.75, 3.05) is 6.61 Å². The molecule has 0 atom stereocenters. The zero-order valence-corrected chi connectivity index (χ0v) is 18.4. The van der Waals surface area contributed by atoms with Crippen molar-refractivity contribution in [3.63, 3.8) is 0 Å². The Morgan fingerprint density at radius 1 is 0.793 bits per heavy atom. The standard InChI is InChI=1S/C26H38N2O/c1-3-5-6-7-8-21-9-11-22(12-10-21)13-14-23-15-17-24(18-16-23)25-19-20-26(28-27-25)29-4-2/h15-22H,3-14H2,1-2H3. The first-order chi connectivity index (χ1) is 14.3. The minimum absolute atomic E-state index is 0.587. The third kappa shape index (κ3) is 7.13. The fraction of sp³-hybridized carbons (Fsp3) is 0.615. The normalized spacial score (nSPS) is 19.2. The zero-order valence-electron chi connectivity index (χ0n) is 18.4. The average molecular weight is 395 g/mol. The molecule has 1 aromatic carbocycles. The van der Waals surface area contributed by atoms with Crippen molar-refractivity contribution in [3.8, 4) is 17.1 Å². The molecule has 3 heteroatoms. The third-order valence-corrected chi connectivity index (χ3v) is 6.46. The zero-order chi connectivity index (χ0) is 20.3. The number of ether oxygens (including phenoxy) is 1. The first-order valence-electron chi connectivity index (χ1n) is 11.8. The number of nitrogens with zero attached hydrogens (tertiary/aromatic N) is 2. The van der Waals surface area contributed by atoms with Gasteiger partial charge in [-0.15, -0.1) is 10.2 Å². The topological polar surface area (TPSA) is 35.0 Å². The molecule has 0 aliphatic heterocycles. The maximum atomic E-state index is 5.37. The summed E-state index contributed by atoms with van der Waals surface area (Å²) in [5.74, 6) is 2.53. The molecule has 1 heterocycles. The Bertz CT molecular complexity index is 688. The molecule has 158 valence electrons. The van der Waals surface area contributed by atoms with Gasteiger partial charge in [0, 0.05) is 11.6 Å². The summed E-state index contributed by atoms with van der Waals surface area (Å²) in [6.07, 6.45) is 15.5. The minimum Gasteiger partial charge on any atom is -0.477 e. The van der Waals surface area contributed by atoms with E-state index in [1.165, 1.54) is 76.2 Å². The Morgan fingerprint density at radius 2 is 1.52 bits per heavy atom. The second-order valence-corrected chi connectivity index (χ2v) is 8.66. The lowest BCUT2D eigenvalue weighted by molar-refractivity contribution is 0.249. The van der Waals surface area contributed by atoms with Gasteiger partial charge in [-0.25, -0.2) is 0 Å². The third-order valence-electron chi connectivity index (χ3n) is 6.46. The van der Waals surface area contributed by atoms with Crippen LogP contribution in [-0.2, 0) is 6.42 Å². The van der Waals surface area contributed by atoms with Gasteiger partial charge in [0.15, 0.2) is 0 Å². The molecule has 2 aromatic rings. The molecule has 29 heavy (non-hydrogen) atoms. The van der Waals surface area contributed by atoms with Crippen LogP contribution < -0.4 is 4.74 Å². The molecule has 1 fully saturated rings. The maximum Gasteiger partial charge on any atom is 0.233 e. The second-order valence-electron chi connectivity index (χ2n) is 8.66. The lowest BCUT2D eigenvalue weighted by Gasteiger charge is -2.28. The Labute approximate surface area is 177 Å². The van der Waals surface area contributed by atoms with Crippen LogP contribution in [0.1, 0.15) is 83.6 Å². The van der Waals surface area contributed by atoms with E-state index in [-0.39, 0.29) is 0 Å². The first kappa shape index (κ1) is 21.8. The van der Waals surface area contributed by atoms with Crippen molar-refractivity contribution < 1.29 is 4.74 Å². The predicted octanol–water partition coefficient (Wildman–Crippen LogP) is 7.25. The largest absolute Gasteiger partial charge is 0.477 e. The summed E-state index contributed by atoms with van der Waals surface area (Å²) in [7, 11) is 0. The van der Waals surface area contributed by atoms with Gasteiger partial charge in [0.25, 0.3) is 0 Å². The molecule has 1 aliphatic carbocycles. The molecule has 0 radical (unpaired) electrons. The van der Waals surface area contributed by atoms with Crippen LogP contribution in [0, 0.1) is 11.8 Å². The lowest BCUT2D eigenvalue weighted by atomic mass is 9.77. The van der Waals surface area contributed by atoms with Crippen molar-refractivity contribution in [1.29, 1.82) is 0 Å². The van der Waals surface area contributed by atoms with Gasteiger partial charge in [-0.2, -0.15) is 0 Å². The molecule has 0 saturated heterocycles. The van der Waals surface area contributed by atoms with Crippen molar-refractivity contribution in [2.45, 2.75) is 84.5 Å². The van der Waals surface area contributed by atoms with Gasteiger partial charge in [0.1, 0.15) is 0 Å². The molecule has 1 saturated carbocycles. The number of aromatic nitrogens is 2. The van der Waals surface area contributed by atoms with Crippen molar-refractivity contribution >= 4 is 0 Å². The number of unbranched alkanes of at least 4 members (excludes halogenated alkanes) is 3. The Balaban J connectivity index is 1.39. The van der Waals surface area contributed by atoms with E-state index in [0.717, 1.165) is 23.1 Å². The summed E-state index contributed by atoms with van der Waals surface area (Å²) < 4.78 is 5.37. The van der Waals surface area contributed by atoms with Gasteiger partial charge in [0.2, 0.25) is 5.88 Å². The van der Waals surface area contributed by atoms with Crippen LogP contribution in [0.2, 0.25) is 0 Å². The molecule has 0 N–H and O–H groups in total. The van der Waals surface area contributed by atoms with Gasteiger partial charge in [-0.3, -0.25) is 0 Å². The van der Waals surface area contributed by atoms with E-state index < -0.39 is 0 Å². The van der Waals surface area contributed by atoms with Crippen LogP contribution in [0.5, 0.6) is 5.88 Å². The van der Waals surface area contributed by atoms with Crippen LogP contribution in [0.25, 0.3) is 11.3 Å². The molecule has 0 unspecified atom stereocenters. The number of rotatable bonds is 11. The van der Waals surface area contributed by atoms with Crippen molar-refractivity contribution in [3.05, 3.63) is 42.0 Å². The van der Waals surface area contributed by atoms with Crippen LogP contribution >= 0.6 is 0 Å². The maximum absolute atomic E-state index is 5.37. The molecule has 0 spiro atoms. The number of hydrogen-bond acceptors (Lipinski definition) is 3. The Hall–Kier alpha value is -1.90. The summed E-state index contributed by atoms with van der Waals surface area (Å²) in [5, 5.41) is 8.41. The first-order valence-corrected chi connectivity index (χ1v) is 11.8. The van der Waals surface area contributed by atoms with Gasteiger partial charge >= 0.3 is 0 Å². The number of aryl methyl sites for hydroxylation is 1. The van der Waals surface area contributed by atoms with Crippen molar-refractivity contribution in [1.82, 2.24) is 10.2 Å². The van der Waals surface area contributed by atoms with E-state index in [2.05, 4.69) is 41.4 Å². The fourth-order valence-corrected chi connectivity index (χ4v) is 4.58. The van der Waals surface area contributed by atoms with Crippen molar-refractivity contribution in [2.24, 2.45) is 11.8 Å². The summed E-state index contributed by atoms with van der Waals surface area (Å²) in [4.78, 5) is 0. The molecule has 1 aromatic heterocycles. The van der Waals surface area contributed by atoms with E-state index in [1.54, 1.807) is 0 Å². The van der Waals surface area contributed by atoms with E-state index in [4.69, 9.17) is 4.74 Å². The van der Waals surface area contributed by atoms with E-state index in [1.807, 2.05) is 19.1 Å². The van der Waals surface area contributed by atoms with Crippen LogP contribution in [0.3, 0.4) is 0 Å². The van der Waals surface area contributed by atoms with E-state index in [9.17, 15) is 0 Å². The molecule has 1 aliphatic rings. The van der Waals surface area contributed by atoms with Gasteiger partial charge in [-0.1, -0.05) is 89.0 Å². The highest BCUT2D eigenvalue weighted by Crippen LogP contribution is 2.34. The SMILES string of the molecule is CCCCCCC1CCC(CCc2ccc(-c3ccc(OCC)nn3)cc2)CC1. The quantitative estimate of drug-likeness (QED) is 0.376. The highest BCUT2D eigenvalue weighted by atomic mass is 16.5. The van der Waals surface area contributed by atoms with E-state index in [0.29, 0.717) is 12.5 Å². The van der Waals surface area contributed by atoms with E-state index >= 15 is 0 Å². The van der Waals surface area contributed by atoms with Crippen LogP contribution in [0.4, 0.5) is 0 Å². The van der Waals surface area contributed by atoms with Gasteiger partial charge in [-0.05, 0) is 43.2 Å². The Kier molecular flexibility index (Phi) is 8.98. The lowest BCUT2D eigenvalue weighted by Crippen LogP contribution is -2.15. The highest BCUT2D eigenvalue weighted by Gasteiger charge is 2.20. The number of hydrogen-bond donors (Lipinski definition) is 0. The fourth-order valence-electron chi connectivity index (χ4n) is 4.58. The van der Waals surface area contributed by atoms with Gasteiger partial charge < -0.3 is 4.74 Å². The summed E-state index contributed by atoms with van der Waals surface area (Å²) in [6, 6.07) is 12.7. The highest BCUT2D eigenvalue weighted by molar-refractivity contribution is 5.59. The predicted molar refractivity (Wildman–Crippen MR) is 121 cm³/mol. The smallest absolute Gasteiger partial charge is 0.233 e. The number of benzene rings is 1. The average Bonchev–Trinajstić information content (AvgIpc) is 2.77. The summed E-state index contributed by atoms with van der Waals surface area (Å²) in [5.41, 5.74) is 3.46. The molecular weight excluding hydrogens is 356 g/mol. The van der Waals surface area contributed by atoms with Gasteiger partial charge in [0.05, 0.1) is 12.3 Å². The summed E-state index contributed by atoms with van der Waals surface area (Å²) in [6.45, 7) is 4.87. The molecule has 3 rings (SSSR count). The van der Waals surface area contributed by atoms with Crippen LogP contribution in [0.15, 0.2) is 36.4 Å². The minimum atomic E-state index is 0.587. The monoisotopic (exact) mass is 394 g/mol. The molecule has 0 bridgehead atoms. The molecule has 3 nitrogen and oxygen atoms in total. The summed E-state index contributed by atoms with van der Waals surface area (Å²) >= 11 is 0. The van der Waals surface area contributed by atoms with Crippen LogP contribution in [-0.4, -0.2) is 16.8 Å². The second kappa shape index (κ2) is 11.9. The Morgan fingerprint density at radius 3 is 2.14 bits per heavy atom. The molecular formula is C26H38N2O.